The van der Waals surface area contributed by atoms with Gasteiger partial charge in [0, 0.05) is 51.6 Å². The number of nitrogens with zero attached hydrogens (tertiary/aromatic N) is 5. The van der Waals surface area contributed by atoms with Gasteiger partial charge in [-0.2, -0.15) is 13.9 Å². The van der Waals surface area contributed by atoms with Crippen LogP contribution in [-0.4, -0.2) is 77.4 Å². The molecule has 0 radical (unpaired) electrons. The molecule has 158 valence electrons. The van der Waals surface area contributed by atoms with Crippen molar-refractivity contribution < 1.29 is 18.4 Å². The maximum atomic E-state index is 14.3. The molecule has 29 heavy (non-hydrogen) atoms. The van der Waals surface area contributed by atoms with Gasteiger partial charge in [0.15, 0.2) is 5.82 Å². The molecule has 7 nitrogen and oxygen atoms in total. The van der Waals surface area contributed by atoms with Gasteiger partial charge in [-0.05, 0) is 30.5 Å². The van der Waals surface area contributed by atoms with Crippen LogP contribution in [0.3, 0.4) is 0 Å². The summed E-state index contributed by atoms with van der Waals surface area (Å²) in [6, 6.07) is 1.87. The molecule has 2 saturated heterocycles. The number of hydrogen-bond acceptors (Lipinski definition) is 6. The molecule has 1 aromatic rings. The van der Waals surface area contributed by atoms with Crippen LogP contribution in [0.4, 0.5) is 14.6 Å². The Morgan fingerprint density at radius 1 is 1.14 bits per heavy atom. The van der Waals surface area contributed by atoms with Crippen LogP contribution in [0.5, 0.6) is 0 Å². The lowest BCUT2D eigenvalue weighted by atomic mass is 10.00. The van der Waals surface area contributed by atoms with Crippen molar-refractivity contribution in [2.45, 2.75) is 32.7 Å². The van der Waals surface area contributed by atoms with Crippen LogP contribution in [0.25, 0.3) is 0 Å². The highest BCUT2D eigenvalue weighted by molar-refractivity contribution is 6.08. The molecular formula is C20H27F2N5O2. The predicted octanol–water partition coefficient (Wildman–Crippen LogP) is 1.22. The van der Waals surface area contributed by atoms with Gasteiger partial charge in [0.25, 0.3) is 0 Å². The van der Waals surface area contributed by atoms with Crippen LogP contribution in [0.15, 0.2) is 6.07 Å². The number of Topliss-reactive ketones (excluding diaryl/α,β-unsaturated/α-hetero) is 1. The molecule has 0 bridgehead atoms. The van der Waals surface area contributed by atoms with Crippen LogP contribution >= 0.6 is 0 Å². The van der Waals surface area contributed by atoms with E-state index in [2.05, 4.69) is 27.0 Å². The van der Waals surface area contributed by atoms with Crippen molar-refractivity contribution in [3.05, 3.63) is 17.3 Å². The first-order chi connectivity index (χ1) is 13.7. The highest BCUT2D eigenvalue weighted by Gasteiger charge is 2.50. The highest BCUT2D eigenvalue weighted by atomic mass is 19.3. The molecule has 0 unspecified atom stereocenters. The van der Waals surface area contributed by atoms with Gasteiger partial charge in [-0.15, -0.1) is 5.10 Å². The van der Waals surface area contributed by atoms with Crippen molar-refractivity contribution in [3.8, 4) is 0 Å². The van der Waals surface area contributed by atoms with Crippen molar-refractivity contribution in [2.75, 3.05) is 44.7 Å². The lowest BCUT2D eigenvalue weighted by molar-refractivity contribution is -0.168. The summed E-state index contributed by atoms with van der Waals surface area (Å²) < 4.78 is 28.7. The number of carbonyl (C=O) groups is 2. The van der Waals surface area contributed by atoms with Gasteiger partial charge < -0.3 is 14.7 Å². The van der Waals surface area contributed by atoms with Crippen LogP contribution in [0, 0.1) is 17.8 Å². The maximum absolute atomic E-state index is 14.3. The van der Waals surface area contributed by atoms with Crippen LogP contribution in [-0.2, 0) is 22.6 Å². The molecule has 3 aliphatic heterocycles. The second-order valence-corrected chi connectivity index (χ2v) is 8.89. The molecule has 0 aliphatic carbocycles. The Bertz CT molecular complexity index is 817. The van der Waals surface area contributed by atoms with E-state index >= 15 is 0 Å². The first-order valence-corrected chi connectivity index (χ1v) is 10.2. The smallest absolute Gasteiger partial charge is 0.354 e. The Kier molecular flexibility index (Phi) is 5.04. The minimum absolute atomic E-state index is 0.0289. The number of rotatable bonds is 4. The number of aromatic nitrogens is 2. The molecular weight excluding hydrogens is 380 g/mol. The SMILES string of the molecule is CC(C)C(=O)C(F)(F)C(=O)N1CCc2nnc(N3C[C@H]4CN(C)C[C@H]4C3)cc2C1. The van der Waals surface area contributed by atoms with Gasteiger partial charge >= 0.3 is 11.8 Å². The van der Waals surface area contributed by atoms with Crippen molar-refractivity contribution >= 4 is 17.5 Å². The number of anilines is 1. The third-order valence-electron chi connectivity index (χ3n) is 6.31. The first-order valence-electron chi connectivity index (χ1n) is 10.2. The largest absolute Gasteiger partial charge is 0.382 e. The average Bonchev–Trinajstić information content (AvgIpc) is 3.23. The van der Waals surface area contributed by atoms with Gasteiger partial charge in [-0.1, -0.05) is 13.8 Å². The minimum atomic E-state index is -3.99. The number of fused-ring (bicyclic) bond motifs is 2. The first kappa shape index (κ1) is 20.1. The minimum Gasteiger partial charge on any atom is -0.354 e. The molecule has 3 aliphatic rings. The van der Waals surface area contributed by atoms with E-state index in [-0.39, 0.29) is 13.1 Å². The van der Waals surface area contributed by atoms with Crippen molar-refractivity contribution in [3.63, 3.8) is 0 Å². The third-order valence-corrected chi connectivity index (χ3v) is 6.31. The highest BCUT2D eigenvalue weighted by Crippen LogP contribution is 2.33. The van der Waals surface area contributed by atoms with Gasteiger partial charge in [-0.3, -0.25) is 9.59 Å². The number of alkyl halides is 2. The summed E-state index contributed by atoms with van der Waals surface area (Å²) in [5, 5.41) is 8.64. The zero-order valence-corrected chi connectivity index (χ0v) is 17.1. The summed E-state index contributed by atoms with van der Waals surface area (Å²) in [4.78, 5) is 29.8. The predicted molar refractivity (Wildman–Crippen MR) is 103 cm³/mol. The fraction of sp³-hybridized carbons (Fsp3) is 0.700. The zero-order valence-electron chi connectivity index (χ0n) is 17.1. The molecule has 2 fully saturated rings. The fourth-order valence-corrected chi connectivity index (χ4v) is 4.73. The Labute approximate surface area is 169 Å². The molecule has 9 heteroatoms. The molecule has 0 N–H and O–H groups in total. The number of hydrogen-bond donors (Lipinski definition) is 0. The van der Waals surface area contributed by atoms with E-state index < -0.39 is 23.5 Å². The van der Waals surface area contributed by atoms with E-state index in [1.165, 1.54) is 13.8 Å². The summed E-state index contributed by atoms with van der Waals surface area (Å²) >= 11 is 0. The second-order valence-electron chi connectivity index (χ2n) is 8.89. The lowest BCUT2D eigenvalue weighted by Crippen LogP contribution is -2.51. The van der Waals surface area contributed by atoms with E-state index in [1.54, 1.807) is 0 Å². The molecule has 0 aromatic carbocycles. The second kappa shape index (κ2) is 7.27. The van der Waals surface area contributed by atoms with Crippen LogP contribution < -0.4 is 4.90 Å². The van der Waals surface area contributed by atoms with Gasteiger partial charge in [-0.25, -0.2) is 0 Å². The fourth-order valence-electron chi connectivity index (χ4n) is 4.73. The third kappa shape index (κ3) is 3.60. The van der Waals surface area contributed by atoms with Crippen molar-refractivity contribution in [1.82, 2.24) is 20.0 Å². The van der Waals surface area contributed by atoms with Crippen LogP contribution in [0.2, 0.25) is 0 Å². The standard InChI is InChI=1S/C20H27F2N5O2/c1-12(2)18(28)20(21,22)19(29)26-5-4-16-13(9-26)6-17(24-23-16)27-10-14-7-25(3)8-15(14)11-27/h6,12,14-15H,4-5,7-11H2,1-3H3/t14-,15+. The number of ketones is 1. The van der Waals surface area contributed by atoms with E-state index in [9.17, 15) is 18.4 Å². The summed E-state index contributed by atoms with van der Waals surface area (Å²) in [7, 11) is 2.13. The number of halogens is 2. The Morgan fingerprint density at radius 2 is 1.79 bits per heavy atom. The molecule has 4 heterocycles. The van der Waals surface area contributed by atoms with Crippen molar-refractivity contribution in [2.24, 2.45) is 17.8 Å². The molecule has 0 saturated carbocycles. The molecule has 1 aromatic heterocycles. The Balaban J connectivity index is 1.49. The van der Waals surface area contributed by atoms with E-state index in [0.717, 1.165) is 48.2 Å². The quantitative estimate of drug-likeness (QED) is 0.699. The van der Waals surface area contributed by atoms with Crippen LogP contribution in [0.1, 0.15) is 25.1 Å². The summed E-state index contributed by atoms with van der Waals surface area (Å²) in [5.41, 5.74) is 1.46. The number of likely N-dealkylation sites (tertiary alicyclic amines) is 1. The van der Waals surface area contributed by atoms with E-state index in [1.807, 2.05) is 6.07 Å². The molecule has 0 spiro atoms. The maximum Gasteiger partial charge on any atom is 0.382 e. The normalized spacial score (nSPS) is 24.8. The van der Waals surface area contributed by atoms with Gasteiger partial charge in [0.1, 0.15) is 0 Å². The lowest BCUT2D eigenvalue weighted by Gasteiger charge is -2.31. The van der Waals surface area contributed by atoms with Gasteiger partial charge in [0.05, 0.1) is 5.69 Å². The Morgan fingerprint density at radius 3 is 2.41 bits per heavy atom. The number of carbonyl (C=O) groups excluding carboxylic acids is 2. The zero-order chi connectivity index (χ0) is 20.9. The molecule has 1 amide bonds. The molecule has 2 atom stereocenters. The van der Waals surface area contributed by atoms with E-state index in [0.29, 0.717) is 18.3 Å². The summed E-state index contributed by atoms with van der Waals surface area (Å²) in [5.74, 6) is -5.70. The topological polar surface area (TPSA) is 69.6 Å². The number of amides is 1. The average molecular weight is 407 g/mol. The van der Waals surface area contributed by atoms with E-state index in [4.69, 9.17) is 0 Å². The van der Waals surface area contributed by atoms with Gasteiger partial charge in [0.2, 0.25) is 5.78 Å². The van der Waals surface area contributed by atoms with Crippen molar-refractivity contribution in [1.29, 1.82) is 0 Å². The monoisotopic (exact) mass is 407 g/mol. The summed E-state index contributed by atoms with van der Waals surface area (Å²) in [6.07, 6.45) is 0.357. The molecule has 4 rings (SSSR count). The Hall–Kier alpha value is -2.16. The summed E-state index contributed by atoms with van der Waals surface area (Å²) in [6.45, 7) is 6.85.